The number of amides is 1. The van der Waals surface area contributed by atoms with Gasteiger partial charge in [0.15, 0.2) is 5.76 Å². The Kier molecular flexibility index (Phi) is 7.48. The summed E-state index contributed by atoms with van der Waals surface area (Å²) in [6, 6.07) is 21.8. The summed E-state index contributed by atoms with van der Waals surface area (Å²) in [4.78, 5) is 46.0. The van der Waals surface area contributed by atoms with Crippen LogP contribution in [-0.2, 0) is 9.53 Å². The molecular weight excluding hydrogens is 528 g/mol. The van der Waals surface area contributed by atoms with Crippen molar-refractivity contribution in [1.29, 1.82) is 0 Å². The standard InChI is InChI=1S/C31H26N2O6S/c1-4-39-31(37)21-10-14-22(15-11-21)33-25(19-12-16-23(38-3)17-13-19)24(27(35)30(33)36)26(34)28-18(2)32-29(40-28)20-8-6-5-7-9-20/h5-17,25,35H,4H2,1-3H3. The fourth-order valence-corrected chi connectivity index (χ4v) is 5.64. The lowest BCUT2D eigenvalue weighted by Gasteiger charge is -2.27. The van der Waals surface area contributed by atoms with Gasteiger partial charge < -0.3 is 14.6 Å². The quantitative estimate of drug-likeness (QED) is 0.208. The molecule has 1 aliphatic heterocycles. The number of carbonyl (C=O) groups excluding carboxylic acids is 3. The summed E-state index contributed by atoms with van der Waals surface area (Å²) in [5.74, 6) is -1.71. The molecule has 3 aromatic carbocycles. The van der Waals surface area contributed by atoms with E-state index in [-0.39, 0.29) is 12.2 Å². The number of anilines is 1. The molecule has 0 fully saturated rings. The van der Waals surface area contributed by atoms with Crippen molar-refractivity contribution in [2.24, 2.45) is 0 Å². The first-order valence-corrected chi connectivity index (χ1v) is 13.4. The number of hydrogen-bond donors (Lipinski definition) is 1. The number of nitrogens with zero attached hydrogens (tertiary/aromatic N) is 2. The second-order valence-corrected chi connectivity index (χ2v) is 10.0. The minimum absolute atomic E-state index is 0.0454. The normalized spacial score (nSPS) is 14.9. The largest absolute Gasteiger partial charge is 0.503 e. The van der Waals surface area contributed by atoms with Gasteiger partial charge in [0.05, 0.1) is 41.5 Å². The number of aromatic nitrogens is 1. The molecule has 1 amide bonds. The first-order chi connectivity index (χ1) is 19.3. The van der Waals surface area contributed by atoms with Crippen LogP contribution in [0.25, 0.3) is 10.6 Å². The Morgan fingerprint density at radius 3 is 2.30 bits per heavy atom. The summed E-state index contributed by atoms with van der Waals surface area (Å²) in [7, 11) is 1.54. The Bertz CT molecular complexity index is 1610. The lowest BCUT2D eigenvalue weighted by atomic mass is 9.94. The number of thiazole rings is 1. The van der Waals surface area contributed by atoms with Crippen LogP contribution in [0.2, 0.25) is 0 Å². The molecule has 1 N–H and O–H groups in total. The van der Waals surface area contributed by atoms with Crippen LogP contribution in [0.15, 0.2) is 90.2 Å². The van der Waals surface area contributed by atoms with Crippen molar-refractivity contribution in [3.05, 3.63) is 112 Å². The molecule has 4 aromatic rings. The van der Waals surface area contributed by atoms with Gasteiger partial charge in [0.1, 0.15) is 10.8 Å². The van der Waals surface area contributed by atoms with E-state index in [1.807, 2.05) is 30.3 Å². The van der Waals surface area contributed by atoms with E-state index in [2.05, 4.69) is 4.98 Å². The molecule has 2 heterocycles. The number of benzene rings is 3. The van der Waals surface area contributed by atoms with Gasteiger partial charge in [0.25, 0.3) is 5.91 Å². The minimum atomic E-state index is -0.930. The highest BCUT2D eigenvalue weighted by atomic mass is 32.1. The zero-order valence-electron chi connectivity index (χ0n) is 22.1. The molecule has 8 nitrogen and oxygen atoms in total. The van der Waals surface area contributed by atoms with Crippen LogP contribution in [0, 0.1) is 6.92 Å². The summed E-state index contributed by atoms with van der Waals surface area (Å²) in [5.41, 5.74) is 2.65. The third-order valence-corrected chi connectivity index (χ3v) is 7.77. The van der Waals surface area contributed by atoms with E-state index in [4.69, 9.17) is 9.47 Å². The van der Waals surface area contributed by atoms with Crippen molar-refractivity contribution in [3.8, 4) is 16.3 Å². The molecule has 1 aliphatic rings. The van der Waals surface area contributed by atoms with E-state index in [1.165, 1.54) is 16.2 Å². The number of esters is 1. The second-order valence-electron chi connectivity index (χ2n) is 9.01. The van der Waals surface area contributed by atoms with Crippen LogP contribution < -0.4 is 9.64 Å². The summed E-state index contributed by atoms with van der Waals surface area (Å²) in [5, 5.41) is 11.8. The van der Waals surface area contributed by atoms with Crippen LogP contribution in [0.1, 0.15) is 44.3 Å². The van der Waals surface area contributed by atoms with Crippen LogP contribution in [-0.4, -0.2) is 41.5 Å². The van der Waals surface area contributed by atoms with E-state index in [9.17, 15) is 19.5 Å². The summed E-state index contributed by atoms with van der Waals surface area (Å²) in [6.07, 6.45) is 0. The van der Waals surface area contributed by atoms with Crippen molar-refractivity contribution in [1.82, 2.24) is 4.98 Å². The van der Waals surface area contributed by atoms with Gasteiger partial charge in [-0.2, -0.15) is 0 Å². The van der Waals surface area contributed by atoms with E-state index < -0.39 is 29.5 Å². The molecule has 0 radical (unpaired) electrons. The number of ketones is 1. The second kappa shape index (κ2) is 11.2. The van der Waals surface area contributed by atoms with E-state index in [0.717, 1.165) is 5.56 Å². The van der Waals surface area contributed by atoms with Crippen molar-refractivity contribution < 1.29 is 29.0 Å². The maximum absolute atomic E-state index is 14.1. The predicted octanol–water partition coefficient (Wildman–Crippen LogP) is 6.09. The highest BCUT2D eigenvalue weighted by Gasteiger charge is 2.45. The zero-order valence-corrected chi connectivity index (χ0v) is 22.9. The molecule has 0 saturated heterocycles. The Morgan fingerprint density at radius 2 is 1.68 bits per heavy atom. The van der Waals surface area contributed by atoms with Gasteiger partial charge in [0, 0.05) is 11.3 Å². The molecule has 0 saturated carbocycles. The fraction of sp³-hybridized carbons (Fsp3) is 0.161. The molecule has 1 atom stereocenters. The predicted molar refractivity (Wildman–Crippen MR) is 152 cm³/mol. The lowest BCUT2D eigenvalue weighted by Crippen LogP contribution is -2.31. The van der Waals surface area contributed by atoms with Crippen molar-refractivity contribution >= 4 is 34.7 Å². The van der Waals surface area contributed by atoms with Gasteiger partial charge in [-0.25, -0.2) is 9.78 Å². The van der Waals surface area contributed by atoms with Crippen LogP contribution in [0.4, 0.5) is 5.69 Å². The van der Waals surface area contributed by atoms with Crippen LogP contribution in [0.5, 0.6) is 5.75 Å². The minimum Gasteiger partial charge on any atom is -0.503 e. The molecule has 1 aromatic heterocycles. The molecular formula is C31H26N2O6S. The molecule has 9 heteroatoms. The molecule has 5 rings (SSSR count). The van der Waals surface area contributed by atoms with Gasteiger partial charge >= 0.3 is 5.97 Å². The van der Waals surface area contributed by atoms with E-state index in [1.54, 1.807) is 69.5 Å². The van der Waals surface area contributed by atoms with Crippen LogP contribution >= 0.6 is 11.3 Å². The number of methoxy groups -OCH3 is 1. The molecule has 202 valence electrons. The van der Waals surface area contributed by atoms with Gasteiger partial charge in [-0.3, -0.25) is 14.5 Å². The molecule has 1 unspecified atom stereocenters. The third-order valence-electron chi connectivity index (χ3n) is 6.56. The maximum atomic E-state index is 14.1. The number of Topliss-reactive ketones (excluding diaryl/α,β-unsaturated/α-hetero) is 1. The monoisotopic (exact) mass is 554 g/mol. The Labute approximate surface area is 235 Å². The summed E-state index contributed by atoms with van der Waals surface area (Å²) < 4.78 is 10.3. The van der Waals surface area contributed by atoms with Gasteiger partial charge in [-0.1, -0.05) is 42.5 Å². The van der Waals surface area contributed by atoms with Gasteiger partial charge in [0.2, 0.25) is 5.78 Å². The average molecular weight is 555 g/mol. The SMILES string of the molecule is CCOC(=O)c1ccc(N2C(=O)C(O)=C(C(=O)c3sc(-c4ccccc4)nc3C)C2c2ccc(OC)cc2)cc1. The zero-order chi connectivity index (χ0) is 28.4. The molecule has 40 heavy (non-hydrogen) atoms. The van der Waals surface area contributed by atoms with Crippen molar-refractivity contribution in [3.63, 3.8) is 0 Å². The summed E-state index contributed by atoms with van der Waals surface area (Å²) in [6.45, 7) is 3.69. The van der Waals surface area contributed by atoms with Gasteiger partial charge in [-0.05, 0) is 55.8 Å². The molecule has 0 aliphatic carbocycles. The Morgan fingerprint density at radius 1 is 1.00 bits per heavy atom. The topological polar surface area (TPSA) is 106 Å². The van der Waals surface area contributed by atoms with Gasteiger partial charge in [-0.15, -0.1) is 11.3 Å². The number of aliphatic hydroxyl groups is 1. The maximum Gasteiger partial charge on any atom is 0.338 e. The first kappa shape index (κ1) is 26.8. The van der Waals surface area contributed by atoms with E-state index >= 15 is 0 Å². The molecule has 0 spiro atoms. The highest BCUT2D eigenvalue weighted by molar-refractivity contribution is 7.17. The molecule has 0 bridgehead atoms. The van der Waals surface area contributed by atoms with Crippen molar-refractivity contribution in [2.75, 3.05) is 18.6 Å². The van der Waals surface area contributed by atoms with Crippen LogP contribution in [0.3, 0.4) is 0 Å². The number of hydrogen-bond acceptors (Lipinski definition) is 8. The van der Waals surface area contributed by atoms with E-state index in [0.29, 0.717) is 38.1 Å². The summed E-state index contributed by atoms with van der Waals surface area (Å²) >= 11 is 1.21. The lowest BCUT2D eigenvalue weighted by molar-refractivity contribution is -0.117. The Hall–Kier alpha value is -4.76. The average Bonchev–Trinajstić information content (AvgIpc) is 3.50. The number of aryl methyl sites for hydroxylation is 1. The number of ether oxygens (including phenoxy) is 2. The van der Waals surface area contributed by atoms with Crippen molar-refractivity contribution in [2.45, 2.75) is 19.9 Å². The number of rotatable bonds is 8. The highest BCUT2D eigenvalue weighted by Crippen LogP contribution is 2.43. The first-order valence-electron chi connectivity index (χ1n) is 12.6. The smallest absolute Gasteiger partial charge is 0.338 e. The number of aliphatic hydroxyl groups excluding tert-OH is 1. The Balaban J connectivity index is 1.59. The fourth-order valence-electron chi connectivity index (χ4n) is 4.61. The number of carbonyl (C=O) groups is 3. The third kappa shape index (κ3) is 4.87.